The summed E-state index contributed by atoms with van der Waals surface area (Å²) in [6.45, 7) is 7.98. The molecule has 1 aliphatic rings. The minimum absolute atomic E-state index is 0.328. The van der Waals surface area contributed by atoms with Crippen molar-refractivity contribution >= 4 is 0 Å². The molecule has 46 valence electrons. The number of rotatable bonds is 2. The molecule has 8 heavy (non-hydrogen) atoms. The molecule has 0 bridgehead atoms. The Bertz CT molecular complexity index is 114. The lowest BCUT2D eigenvalue weighted by molar-refractivity contribution is 0.0186. The van der Waals surface area contributed by atoms with Gasteiger partial charge in [-0.1, -0.05) is 6.58 Å². The van der Waals surface area contributed by atoms with Crippen LogP contribution in [0.25, 0.3) is 0 Å². The summed E-state index contributed by atoms with van der Waals surface area (Å²) in [7, 11) is 0. The average Bonchev–Trinajstić information content (AvgIpc) is 2.17. The van der Waals surface area contributed by atoms with Crippen LogP contribution in [0, 0.1) is 0 Å². The highest BCUT2D eigenvalue weighted by atomic mass is 16.8. The van der Waals surface area contributed by atoms with Crippen LogP contribution in [0.4, 0.5) is 0 Å². The molecule has 0 aromatic carbocycles. The molecule has 0 spiro atoms. The van der Waals surface area contributed by atoms with E-state index in [9.17, 15) is 0 Å². The van der Waals surface area contributed by atoms with Gasteiger partial charge < -0.3 is 9.47 Å². The van der Waals surface area contributed by atoms with Crippen molar-refractivity contribution in [3.8, 4) is 0 Å². The van der Waals surface area contributed by atoms with Crippen molar-refractivity contribution in [1.82, 2.24) is 0 Å². The number of ether oxygens (including phenoxy) is 2. The fourth-order valence-electron chi connectivity index (χ4n) is 0.529. The first-order valence-corrected chi connectivity index (χ1v) is 2.61. The zero-order valence-electron chi connectivity index (χ0n) is 5.23. The maximum atomic E-state index is 5.13. The van der Waals surface area contributed by atoms with Crippen molar-refractivity contribution in [3.63, 3.8) is 0 Å². The molecule has 1 aliphatic heterocycles. The van der Waals surface area contributed by atoms with Gasteiger partial charge in [0.15, 0.2) is 0 Å². The van der Waals surface area contributed by atoms with Gasteiger partial charge in [-0.15, -0.1) is 0 Å². The summed E-state index contributed by atoms with van der Waals surface area (Å²) in [5, 5.41) is 0. The average molecular weight is 114 g/mol. The molecule has 0 amide bonds. The lowest BCUT2D eigenvalue weighted by Gasteiger charge is -2.06. The number of hydrogen-bond acceptors (Lipinski definition) is 2. The van der Waals surface area contributed by atoms with Crippen LogP contribution >= 0.6 is 0 Å². The van der Waals surface area contributed by atoms with E-state index >= 15 is 0 Å². The van der Waals surface area contributed by atoms with Crippen LogP contribution in [0.3, 0.4) is 0 Å². The largest absolute Gasteiger partial charge is 0.465 e. The monoisotopic (exact) mass is 114 g/mol. The van der Waals surface area contributed by atoms with Gasteiger partial charge in [0.25, 0.3) is 0 Å². The summed E-state index contributed by atoms with van der Waals surface area (Å²) in [6.07, 6.45) is 0. The molecule has 2 nitrogen and oxygen atoms in total. The van der Waals surface area contributed by atoms with E-state index in [1.165, 1.54) is 0 Å². The molecule has 0 aromatic rings. The summed E-state index contributed by atoms with van der Waals surface area (Å²) in [4.78, 5) is 0. The summed E-state index contributed by atoms with van der Waals surface area (Å²) < 4.78 is 10.1. The SMILES string of the molecule is C=C(C)OC1(C)CO1. The standard InChI is InChI=1S/C6H10O2/c1-5(2)8-6(3)4-7-6/h1,4H2,2-3H3. The zero-order valence-corrected chi connectivity index (χ0v) is 5.23. The molecule has 1 atom stereocenters. The fourth-order valence-corrected chi connectivity index (χ4v) is 0.529. The predicted molar refractivity (Wildman–Crippen MR) is 30.3 cm³/mol. The third kappa shape index (κ3) is 1.23. The molecule has 1 unspecified atom stereocenters. The van der Waals surface area contributed by atoms with Crippen LogP contribution in [0.15, 0.2) is 12.3 Å². The molecule has 0 radical (unpaired) electrons. The van der Waals surface area contributed by atoms with Crippen LogP contribution < -0.4 is 0 Å². The molecule has 1 heterocycles. The molecule has 2 heteroatoms. The van der Waals surface area contributed by atoms with Crippen molar-refractivity contribution in [2.75, 3.05) is 6.61 Å². The van der Waals surface area contributed by atoms with E-state index in [0.29, 0.717) is 12.4 Å². The predicted octanol–water partition coefficient (Wildman–Crippen LogP) is 1.28. The molecule has 1 fully saturated rings. The second kappa shape index (κ2) is 1.49. The lowest BCUT2D eigenvalue weighted by atomic mass is 10.4. The van der Waals surface area contributed by atoms with E-state index in [0.717, 1.165) is 0 Å². The van der Waals surface area contributed by atoms with Crippen molar-refractivity contribution in [3.05, 3.63) is 12.3 Å². The minimum atomic E-state index is -0.328. The summed E-state index contributed by atoms with van der Waals surface area (Å²) in [5.41, 5.74) is 0. The summed E-state index contributed by atoms with van der Waals surface area (Å²) in [6, 6.07) is 0. The second-order valence-electron chi connectivity index (χ2n) is 2.23. The highest BCUT2D eigenvalue weighted by molar-refractivity contribution is 4.85. The molecule has 0 aliphatic carbocycles. The van der Waals surface area contributed by atoms with Gasteiger partial charge in [-0.3, -0.25) is 0 Å². The minimum Gasteiger partial charge on any atom is -0.465 e. The van der Waals surface area contributed by atoms with E-state index in [1.54, 1.807) is 0 Å². The van der Waals surface area contributed by atoms with Gasteiger partial charge in [0, 0.05) is 6.92 Å². The highest BCUT2D eigenvalue weighted by Crippen LogP contribution is 2.28. The van der Waals surface area contributed by atoms with Gasteiger partial charge in [-0.05, 0) is 6.92 Å². The smallest absolute Gasteiger partial charge is 0.231 e. The molecular formula is C6H10O2. The van der Waals surface area contributed by atoms with Crippen molar-refractivity contribution in [2.24, 2.45) is 0 Å². The molecule has 0 aromatic heterocycles. The quantitative estimate of drug-likeness (QED) is 0.398. The van der Waals surface area contributed by atoms with Gasteiger partial charge >= 0.3 is 0 Å². The summed E-state index contributed by atoms with van der Waals surface area (Å²) >= 11 is 0. The van der Waals surface area contributed by atoms with Crippen LogP contribution in [-0.4, -0.2) is 12.4 Å². The number of hydrogen-bond donors (Lipinski definition) is 0. The second-order valence-corrected chi connectivity index (χ2v) is 2.23. The Kier molecular flexibility index (Phi) is 1.05. The highest BCUT2D eigenvalue weighted by Gasteiger charge is 2.41. The van der Waals surface area contributed by atoms with Gasteiger partial charge in [-0.2, -0.15) is 0 Å². The molecule has 1 rings (SSSR count). The Balaban J connectivity index is 2.29. The maximum absolute atomic E-state index is 5.13. The van der Waals surface area contributed by atoms with Gasteiger partial charge in [0.05, 0.1) is 5.76 Å². The Morgan fingerprint density at radius 1 is 1.88 bits per heavy atom. The van der Waals surface area contributed by atoms with Gasteiger partial charge in [-0.25, -0.2) is 0 Å². The molecule has 1 saturated heterocycles. The van der Waals surface area contributed by atoms with Crippen molar-refractivity contribution in [1.29, 1.82) is 0 Å². The van der Waals surface area contributed by atoms with Crippen LogP contribution in [-0.2, 0) is 9.47 Å². The van der Waals surface area contributed by atoms with E-state index < -0.39 is 0 Å². The van der Waals surface area contributed by atoms with Gasteiger partial charge in [0.1, 0.15) is 6.61 Å². The Hall–Kier alpha value is -0.500. The van der Waals surface area contributed by atoms with Crippen LogP contribution in [0.2, 0.25) is 0 Å². The first kappa shape index (κ1) is 5.63. The first-order chi connectivity index (χ1) is 3.62. The lowest BCUT2D eigenvalue weighted by Crippen LogP contribution is -2.07. The first-order valence-electron chi connectivity index (χ1n) is 2.61. The van der Waals surface area contributed by atoms with E-state index in [2.05, 4.69) is 6.58 Å². The van der Waals surface area contributed by atoms with E-state index in [4.69, 9.17) is 9.47 Å². The van der Waals surface area contributed by atoms with Crippen molar-refractivity contribution in [2.45, 2.75) is 19.6 Å². The number of allylic oxidation sites excluding steroid dienone is 1. The van der Waals surface area contributed by atoms with Gasteiger partial charge in [0.2, 0.25) is 5.79 Å². The van der Waals surface area contributed by atoms with Crippen LogP contribution in [0.1, 0.15) is 13.8 Å². The third-order valence-corrected chi connectivity index (χ3v) is 0.941. The fraction of sp³-hybridized carbons (Fsp3) is 0.667. The Morgan fingerprint density at radius 3 is 2.50 bits per heavy atom. The van der Waals surface area contributed by atoms with Crippen LogP contribution in [0.5, 0.6) is 0 Å². The van der Waals surface area contributed by atoms with Crippen molar-refractivity contribution < 1.29 is 9.47 Å². The third-order valence-electron chi connectivity index (χ3n) is 0.941. The molecule has 0 N–H and O–H groups in total. The van der Waals surface area contributed by atoms with E-state index in [-0.39, 0.29) is 5.79 Å². The molecular weight excluding hydrogens is 104 g/mol. The normalized spacial score (nSPS) is 34.2. The Labute approximate surface area is 49.1 Å². The summed E-state index contributed by atoms with van der Waals surface area (Å²) in [5.74, 6) is 0.385. The zero-order chi connectivity index (χ0) is 6.20. The topological polar surface area (TPSA) is 21.8 Å². The Morgan fingerprint density at radius 2 is 2.38 bits per heavy atom. The number of epoxide rings is 1. The molecule has 0 saturated carbocycles. The maximum Gasteiger partial charge on any atom is 0.231 e. The van der Waals surface area contributed by atoms with E-state index in [1.807, 2.05) is 13.8 Å².